The summed E-state index contributed by atoms with van der Waals surface area (Å²) in [5, 5.41) is 3.51. The van der Waals surface area contributed by atoms with Crippen LogP contribution in [0.15, 0.2) is 59.8 Å². The van der Waals surface area contributed by atoms with Crippen molar-refractivity contribution in [2.24, 2.45) is 7.05 Å². The maximum atomic E-state index is 14.3. The maximum absolute atomic E-state index is 14.3. The summed E-state index contributed by atoms with van der Waals surface area (Å²) in [6.07, 6.45) is 1.27. The number of hydrogen-bond acceptors (Lipinski definition) is 3. The molecule has 132 valence electrons. The summed E-state index contributed by atoms with van der Waals surface area (Å²) in [7, 11) is -2.77. The van der Waals surface area contributed by atoms with Gasteiger partial charge in [-0.3, -0.25) is 9.40 Å². The first-order valence-electron chi connectivity index (χ1n) is 7.44. The van der Waals surface area contributed by atoms with Gasteiger partial charge >= 0.3 is 0 Å². The molecule has 3 rings (SSSR count). The number of anilines is 1. The van der Waals surface area contributed by atoms with Gasteiger partial charge in [-0.25, -0.2) is 8.78 Å². The Kier molecular flexibility index (Phi) is 4.73. The first-order valence-corrected chi connectivity index (χ1v) is 8.92. The molecule has 0 unspecified atom stereocenters. The summed E-state index contributed by atoms with van der Waals surface area (Å²) in [6, 6.07) is 12.1. The van der Waals surface area contributed by atoms with Crippen LogP contribution in [0.2, 0.25) is 0 Å². The second-order valence-electron chi connectivity index (χ2n) is 5.33. The lowest BCUT2D eigenvalue weighted by Gasteiger charge is -2.10. The zero-order chi connectivity index (χ0) is 18.7. The van der Waals surface area contributed by atoms with E-state index in [-0.39, 0.29) is 10.6 Å². The smallest absolute Gasteiger partial charge is 0.273 e. The highest BCUT2D eigenvalue weighted by molar-refractivity contribution is 7.92. The van der Waals surface area contributed by atoms with Crippen molar-refractivity contribution in [2.75, 3.05) is 4.72 Å². The average Bonchev–Trinajstić information content (AvgIpc) is 3.04. The van der Waals surface area contributed by atoms with E-state index >= 15 is 0 Å². The van der Waals surface area contributed by atoms with Gasteiger partial charge in [-0.1, -0.05) is 30.0 Å². The van der Waals surface area contributed by atoms with E-state index in [0.717, 1.165) is 16.8 Å². The van der Waals surface area contributed by atoms with Gasteiger partial charge in [-0.15, -0.1) is 0 Å². The van der Waals surface area contributed by atoms with Crippen molar-refractivity contribution in [1.29, 1.82) is 0 Å². The van der Waals surface area contributed by atoms with Crippen molar-refractivity contribution in [3.05, 3.63) is 77.5 Å². The lowest BCUT2D eigenvalue weighted by Crippen LogP contribution is -2.18. The van der Waals surface area contributed by atoms with E-state index in [4.69, 9.17) is 0 Å². The number of hydrogen-bond donors (Lipinski definition) is 1. The van der Waals surface area contributed by atoms with E-state index < -0.39 is 27.3 Å². The van der Waals surface area contributed by atoms with Crippen molar-refractivity contribution in [3.8, 4) is 11.8 Å². The molecule has 0 saturated carbocycles. The van der Waals surface area contributed by atoms with Crippen LogP contribution in [-0.2, 0) is 17.1 Å². The van der Waals surface area contributed by atoms with E-state index in [1.807, 2.05) is 10.8 Å². The van der Waals surface area contributed by atoms with Crippen molar-refractivity contribution in [1.82, 2.24) is 9.78 Å². The molecule has 8 heteroatoms. The molecule has 0 aliphatic carbocycles. The molecule has 5 nitrogen and oxygen atoms in total. The van der Waals surface area contributed by atoms with E-state index in [1.165, 1.54) is 19.3 Å². The number of nitrogens with one attached hydrogen (secondary N) is 1. The highest BCUT2D eigenvalue weighted by atomic mass is 32.2. The average molecular weight is 373 g/mol. The Hall–Kier alpha value is -3.18. The molecule has 26 heavy (non-hydrogen) atoms. The molecular formula is C18H13F2N3O2S. The highest BCUT2D eigenvalue weighted by Crippen LogP contribution is 2.23. The molecule has 3 aromatic rings. The molecule has 0 saturated heterocycles. The minimum Gasteiger partial charge on any atom is -0.273 e. The van der Waals surface area contributed by atoms with Crippen molar-refractivity contribution in [3.63, 3.8) is 0 Å². The molecule has 0 amide bonds. The standard InChI is InChI=1S/C18H13F2N3O2S/c1-23-17(9-10-21-23)26(24,25)22-18-15(19)11-14(12-16(18)20)8-7-13-5-3-2-4-6-13/h2-6,9-12,22H,1H3. The third-order valence-electron chi connectivity index (χ3n) is 3.45. The Bertz CT molecular complexity index is 1090. The van der Waals surface area contributed by atoms with Crippen LogP contribution in [0.3, 0.4) is 0 Å². The van der Waals surface area contributed by atoms with E-state index in [2.05, 4.69) is 16.9 Å². The van der Waals surface area contributed by atoms with E-state index in [1.54, 1.807) is 24.3 Å². The van der Waals surface area contributed by atoms with Gasteiger partial charge in [0.2, 0.25) is 0 Å². The number of aromatic nitrogens is 2. The molecule has 0 spiro atoms. The largest absolute Gasteiger partial charge is 0.279 e. The summed E-state index contributed by atoms with van der Waals surface area (Å²) in [5.41, 5.74) is 0.0121. The minimum atomic E-state index is -4.18. The Labute approximate surface area is 149 Å². The van der Waals surface area contributed by atoms with Crippen LogP contribution in [0.1, 0.15) is 11.1 Å². The zero-order valence-electron chi connectivity index (χ0n) is 13.6. The SMILES string of the molecule is Cn1nccc1S(=O)(=O)Nc1c(F)cc(C#Cc2ccccc2)cc1F. The van der Waals surface area contributed by atoms with Gasteiger partial charge in [-0.05, 0) is 30.3 Å². The Morgan fingerprint density at radius 3 is 2.19 bits per heavy atom. The van der Waals surface area contributed by atoms with Gasteiger partial charge in [0.05, 0.1) is 6.20 Å². The van der Waals surface area contributed by atoms with E-state index in [0.29, 0.717) is 5.56 Å². The molecule has 1 aromatic heterocycles. The number of rotatable bonds is 3. The van der Waals surface area contributed by atoms with Crippen LogP contribution in [0, 0.1) is 23.5 Å². The number of halogens is 2. The minimum absolute atomic E-state index is 0.0901. The van der Waals surface area contributed by atoms with Crippen molar-refractivity contribution < 1.29 is 17.2 Å². The number of benzene rings is 2. The molecular weight excluding hydrogens is 360 g/mol. The molecule has 0 aliphatic rings. The first-order chi connectivity index (χ1) is 12.4. The number of aryl methyl sites for hydroxylation is 1. The molecule has 0 fully saturated rings. The van der Waals surface area contributed by atoms with Crippen LogP contribution in [0.25, 0.3) is 0 Å². The summed E-state index contributed by atoms with van der Waals surface area (Å²) in [5.74, 6) is 3.30. The second kappa shape index (κ2) is 6.98. The van der Waals surface area contributed by atoms with E-state index in [9.17, 15) is 17.2 Å². The molecule has 1 N–H and O–H groups in total. The van der Waals surface area contributed by atoms with Crippen LogP contribution in [0.5, 0.6) is 0 Å². The number of sulfonamides is 1. The topological polar surface area (TPSA) is 64.0 Å². The highest BCUT2D eigenvalue weighted by Gasteiger charge is 2.22. The fourth-order valence-electron chi connectivity index (χ4n) is 2.22. The molecule has 0 aliphatic heterocycles. The van der Waals surface area contributed by atoms with Crippen LogP contribution in [-0.4, -0.2) is 18.2 Å². The van der Waals surface area contributed by atoms with Crippen molar-refractivity contribution >= 4 is 15.7 Å². The molecule has 0 radical (unpaired) electrons. The summed E-state index contributed by atoms with van der Waals surface area (Å²) < 4.78 is 56.0. The monoisotopic (exact) mass is 373 g/mol. The maximum Gasteiger partial charge on any atom is 0.279 e. The summed E-state index contributed by atoms with van der Waals surface area (Å²) >= 11 is 0. The lowest BCUT2D eigenvalue weighted by atomic mass is 10.1. The summed E-state index contributed by atoms with van der Waals surface area (Å²) in [4.78, 5) is 0. The van der Waals surface area contributed by atoms with Crippen LogP contribution in [0.4, 0.5) is 14.5 Å². The lowest BCUT2D eigenvalue weighted by molar-refractivity contribution is 0.573. The van der Waals surface area contributed by atoms with Gasteiger partial charge in [0, 0.05) is 18.2 Å². The van der Waals surface area contributed by atoms with Gasteiger partial charge < -0.3 is 0 Å². The number of nitrogens with zero attached hydrogens (tertiary/aromatic N) is 2. The Morgan fingerprint density at radius 1 is 1.00 bits per heavy atom. The third kappa shape index (κ3) is 3.73. The fraction of sp³-hybridized carbons (Fsp3) is 0.0556. The molecule has 1 heterocycles. The quantitative estimate of drug-likeness (QED) is 0.718. The Balaban J connectivity index is 1.91. The molecule has 2 aromatic carbocycles. The Morgan fingerprint density at radius 2 is 1.62 bits per heavy atom. The summed E-state index contributed by atoms with van der Waals surface area (Å²) in [6.45, 7) is 0. The first kappa shape index (κ1) is 17.6. The second-order valence-corrected chi connectivity index (χ2v) is 6.96. The van der Waals surface area contributed by atoms with Crippen molar-refractivity contribution in [2.45, 2.75) is 5.03 Å². The van der Waals surface area contributed by atoms with Gasteiger partial charge in [0.15, 0.2) is 16.7 Å². The fourth-order valence-corrected chi connectivity index (χ4v) is 3.42. The van der Waals surface area contributed by atoms with Crippen LogP contribution >= 0.6 is 0 Å². The van der Waals surface area contributed by atoms with Gasteiger partial charge in [0.25, 0.3) is 10.0 Å². The van der Waals surface area contributed by atoms with Gasteiger partial charge in [-0.2, -0.15) is 13.5 Å². The molecule has 0 bridgehead atoms. The van der Waals surface area contributed by atoms with Crippen LogP contribution < -0.4 is 4.72 Å². The predicted octanol–water partition coefficient (Wildman–Crippen LogP) is 2.90. The predicted molar refractivity (Wildman–Crippen MR) is 92.8 cm³/mol. The normalized spacial score (nSPS) is 10.9. The third-order valence-corrected chi connectivity index (χ3v) is 4.88. The van der Waals surface area contributed by atoms with Gasteiger partial charge in [0.1, 0.15) is 5.69 Å². The zero-order valence-corrected chi connectivity index (χ0v) is 14.4. The molecule has 0 atom stereocenters.